The van der Waals surface area contributed by atoms with Crippen molar-refractivity contribution in [2.24, 2.45) is 28.6 Å². The van der Waals surface area contributed by atoms with Gasteiger partial charge in [-0.25, -0.2) is 8.78 Å². The summed E-state index contributed by atoms with van der Waals surface area (Å²) in [5, 5.41) is 0. The van der Waals surface area contributed by atoms with Crippen LogP contribution in [0.4, 0.5) is 8.78 Å². The fraction of sp³-hybridized carbons (Fsp3) is 0.789. The Morgan fingerprint density at radius 2 is 1.86 bits per heavy atom. The van der Waals surface area contributed by atoms with Gasteiger partial charge in [-0.05, 0) is 49.4 Å². The summed E-state index contributed by atoms with van der Waals surface area (Å²) < 4.78 is 31.1. The van der Waals surface area contributed by atoms with Gasteiger partial charge in [0.1, 0.15) is 11.8 Å². The van der Waals surface area contributed by atoms with Crippen LogP contribution in [0.25, 0.3) is 0 Å². The average Bonchev–Trinajstić information content (AvgIpc) is 2.84. The molecule has 0 nitrogen and oxygen atoms in total. The SMILES string of the molecule is C[C@@]12CCC[C@H]1[C@@H]1C[C@H](F)C3C=CC=C[C@]3(C)[C@@]1(F)CC2. The second-order valence-corrected chi connectivity index (χ2v) is 8.43. The van der Waals surface area contributed by atoms with Crippen LogP contribution in [0.3, 0.4) is 0 Å². The first-order valence-electron chi connectivity index (χ1n) is 8.60. The lowest BCUT2D eigenvalue weighted by molar-refractivity contribution is -0.170. The van der Waals surface area contributed by atoms with Crippen molar-refractivity contribution in [2.45, 2.75) is 64.2 Å². The molecule has 0 aliphatic heterocycles. The van der Waals surface area contributed by atoms with E-state index in [9.17, 15) is 4.39 Å². The Balaban J connectivity index is 1.79. The third-order valence-corrected chi connectivity index (χ3v) is 7.62. The van der Waals surface area contributed by atoms with Gasteiger partial charge in [0, 0.05) is 11.3 Å². The molecule has 21 heavy (non-hydrogen) atoms. The fourth-order valence-corrected chi connectivity index (χ4v) is 6.30. The number of fused-ring (bicyclic) bond motifs is 5. The molecule has 3 fully saturated rings. The van der Waals surface area contributed by atoms with Gasteiger partial charge in [-0.15, -0.1) is 0 Å². The van der Waals surface area contributed by atoms with Gasteiger partial charge in [0.25, 0.3) is 0 Å². The molecule has 0 amide bonds. The molecular formula is C19H26F2. The Hall–Kier alpha value is -0.660. The Morgan fingerprint density at radius 3 is 2.67 bits per heavy atom. The van der Waals surface area contributed by atoms with Crippen molar-refractivity contribution < 1.29 is 8.78 Å². The predicted molar refractivity (Wildman–Crippen MR) is 81.4 cm³/mol. The Morgan fingerprint density at radius 1 is 1.05 bits per heavy atom. The number of allylic oxidation sites excluding steroid dienone is 4. The molecule has 1 unspecified atom stereocenters. The van der Waals surface area contributed by atoms with E-state index < -0.39 is 17.3 Å². The van der Waals surface area contributed by atoms with Gasteiger partial charge in [-0.3, -0.25) is 0 Å². The average molecular weight is 292 g/mol. The summed E-state index contributed by atoms with van der Waals surface area (Å²) in [5.74, 6) is 0.00670. The molecule has 7 atom stereocenters. The van der Waals surface area contributed by atoms with Gasteiger partial charge < -0.3 is 0 Å². The van der Waals surface area contributed by atoms with E-state index in [1.54, 1.807) is 0 Å². The smallest absolute Gasteiger partial charge is 0.123 e. The van der Waals surface area contributed by atoms with Crippen LogP contribution in [0.1, 0.15) is 52.4 Å². The molecule has 0 heterocycles. The number of halogens is 2. The van der Waals surface area contributed by atoms with E-state index in [1.165, 1.54) is 12.8 Å². The highest BCUT2D eigenvalue weighted by Gasteiger charge is 2.67. The normalized spacial score (nSPS) is 58.5. The van der Waals surface area contributed by atoms with Crippen molar-refractivity contribution in [1.82, 2.24) is 0 Å². The van der Waals surface area contributed by atoms with Crippen LogP contribution >= 0.6 is 0 Å². The highest BCUT2D eigenvalue weighted by Crippen LogP contribution is 2.68. The number of alkyl halides is 2. The van der Waals surface area contributed by atoms with E-state index in [2.05, 4.69) is 6.92 Å². The summed E-state index contributed by atoms with van der Waals surface area (Å²) in [7, 11) is 0. The lowest BCUT2D eigenvalue weighted by atomic mass is 9.45. The molecule has 0 aromatic heterocycles. The summed E-state index contributed by atoms with van der Waals surface area (Å²) in [6.45, 7) is 4.29. The van der Waals surface area contributed by atoms with Gasteiger partial charge >= 0.3 is 0 Å². The van der Waals surface area contributed by atoms with Crippen LogP contribution in [-0.4, -0.2) is 11.8 Å². The Bertz CT molecular complexity index is 510. The standard InChI is InChI=1S/C19H26F2/c1-17-8-5-7-13(17)15-12-16(20)14-6-3-4-9-18(14,2)19(15,21)11-10-17/h3-4,6,9,13-16H,5,7-8,10-12H2,1-2H3/t13-,14?,15-,16-,17-,18-,19+/m0/s1. The summed E-state index contributed by atoms with van der Waals surface area (Å²) >= 11 is 0. The molecular weight excluding hydrogens is 266 g/mol. The second kappa shape index (κ2) is 4.20. The molecule has 3 saturated carbocycles. The Labute approximate surface area is 126 Å². The Kier molecular flexibility index (Phi) is 2.80. The largest absolute Gasteiger partial charge is 0.247 e. The van der Waals surface area contributed by atoms with Gasteiger partial charge in [-0.2, -0.15) is 0 Å². The van der Waals surface area contributed by atoms with Gasteiger partial charge in [0.05, 0.1) is 0 Å². The molecule has 0 aromatic rings. The molecule has 0 radical (unpaired) electrons. The molecule has 4 aliphatic rings. The zero-order chi connectivity index (χ0) is 14.9. The van der Waals surface area contributed by atoms with E-state index >= 15 is 4.39 Å². The summed E-state index contributed by atoms with van der Waals surface area (Å²) in [6.07, 6.45) is 12.3. The lowest BCUT2D eigenvalue weighted by Gasteiger charge is -2.61. The maximum absolute atomic E-state index is 16.3. The maximum Gasteiger partial charge on any atom is 0.123 e. The van der Waals surface area contributed by atoms with E-state index in [4.69, 9.17) is 0 Å². The van der Waals surface area contributed by atoms with E-state index in [1.807, 2.05) is 31.2 Å². The zero-order valence-corrected chi connectivity index (χ0v) is 13.1. The minimum atomic E-state index is -1.23. The topological polar surface area (TPSA) is 0 Å². The first kappa shape index (κ1) is 14.0. The molecule has 2 heteroatoms. The zero-order valence-electron chi connectivity index (χ0n) is 13.1. The second-order valence-electron chi connectivity index (χ2n) is 8.43. The number of hydrogen-bond donors (Lipinski definition) is 0. The molecule has 4 rings (SSSR count). The highest BCUT2D eigenvalue weighted by molar-refractivity contribution is 5.30. The number of rotatable bonds is 0. The van der Waals surface area contributed by atoms with Crippen LogP contribution in [0.15, 0.2) is 24.3 Å². The molecule has 0 spiro atoms. The minimum absolute atomic E-state index is 0.0915. The molecule has 0 aromatic carbocycles. The lowest BCUT2D eigenvalue weighted by Crippen LogP contribution is -2.63. The van der Waals surface area contributed by atoms with E-state index in [0.29, 0.717) is 18.8 Å². The molecule has 0 bridgehead atoms. The van der Waals surface area contributed by atoms with Crippen molar-refractivity contribution in [3.63, 3.8) is 0 Å². The monoisotopic (exact) mass is 292 g/mol. The molecule has 0 N–H and O–H groups in total. The summed E-state index contributed by atoms with van der Waals surface area (Å²) in [4.78, 5) is 0. The molecule has 4 aliphatic carbocycles. The number of hydrogen-bond acceptors (Lipinski definition) is 0. The van der Waals surface area contributed by atoms with Crippen LogP contribution in [0, 0.1) is 28.6 Å². The van der Waals surface area contributed by atoms with Crippen molar-refractivity contribution >= 4 is 0 Å². The first-order chi connectivity index (χ1) is 9.91. The van der Waals surface area contributed by atoms with Crippen LogP contribution in [0.5, 0.6) is 0 Å². The van der Waals surface area contributed by atoms with Crippen LogP contribution in [-0.2, 0) is 0 Å². The quantitative estimate of drug-likeness (QED) is 0.560. The third-order valence-electron chi connectivity index (χ3n) is 7.62. The highest BCUT2D eigenvalue weighted by atomic mass is 19.1. The fourth-order valence-electron chi connectivity index (χ4n) is 6.30. The van der Waals surface area contributed by atoms with E-state index in [-0.39, 0.29) is 17.3 Å². The van der Waals surface area contributed by atoms with Gasteiger partial charge in [0.2, 0.25) is 0 Å². The van der Waals surface area contributed by atoms with Crippen molar-refractivity contribution in [2.75, 3.05) is 0 Å². The van der Waals surface area contributed by atoms with Crippen LogP contribution in [0.2, 0.25) is 0 Å². The van der Waals surface area contributed by atoms with Crippen molar-refractivity contribution in [3.05, 3.63) is 24.3 Å². The third kappa shape index (κ3) is 1.60. The van der Waals surface area contributed by atoms with Crippen molar-refractivity contribution in [3.8, 4) is 0 Å². The first-order valence-corrected chi connectivity index (χ1v) is 8.60. The van der Waals surface area contributed by atoms with Crippen molar-refractivity contribution in [1.29, 1.82) is 0 Å². The molecule has 0 saturated heterocycles. The summed E-state index contributed by atoms with van der Waals surface area (Å²) in [6, 6.07) is 0. The maximum atomic E-state index is 16.3. The van der Waals surface area contributed by atoms with Crippen LogP contribution < -0.4 is 0 Å². The predicted octanol–water partition coefficient (Wildman–Crippen LogP) is 5.40. The summed E-state index contributed by atoms with van der Waals surface area (Å²) in [5.41, 5.74) is -1.62. The van der Waals surface area contributed by atoms with Gasteiger partial charge in [-0.1, -0.05) is 44.6 Å². The van der Waals surface area contributed by atoms with E-state index in [0.717, 1.165) is 12.8 Å². The minimum Gasteiger partial charge on any atom is -0.247 e. The van der Waals surface area contributed by atoms with Gasteiger partial charge in [0.15, 0.2) is 0 Å². The molecule has 116 valence electrons.